The van der Waals surface area contributed by atoms with Crippen LogP contribution in [0.15, 0.2) is 0 Å². The van der Waals surface area contributed by atoms with Crippen molar-refractivity contribution in [2.75, 3.05) is 19.8 Å². The first-order valence-electron chi connectivity index (χ1n) is 7.18. The maximum atomic E-state index is 11.3. The SMILES string of the molecule is CC(C)OCC(=O)NCCCOC1CCCCC1. The van der Waals surface area contributed by atoms with E-state index in [1.54, 1.807) is 0 Å². The molecule has 1 fully saturated rings. The average molecular weight is 257 g/mol. The van der Waals surface area contributed by atoms with Gasteiger partial charge in [-0.3, -0.25) is 4.79 Å². The van der Waals surface area contributed by atoms with Gasteiger partial charge in [0, 0.05) is 13.2 Å². The summed E-state index contributed by atoms with van der Waals surface area (Å²) in [6.07, 6.45) is 7.80. The lowest BCUT2D eigenvalue weighted by molar-refractivity contribution is -0.127. The van der Waals surface area contributed by atoms with Crippen molar-refractivity contribution in [1.82, 2.24) is 5.32 Å². The molecule has 0 aromatic rings. The molecule has 0 heterocycles. The quantitative estimate of drug-likeness (QED) is 0.679. The van der Waals surface area contributed by atoms with Crippen molar-refractivity contribution in [2.45, 2.75) is 64.6 Å². The molecule has 1 saturated carbocycles. The van der Waals surface area contributed by atoms with Crippen LogP contribution in [0.3, 0.4) is 0 Å². The van der Waals surface area contributed by atoms with Crippen molar-refractivity contribution in [1.29, 1.82) is 0 Å². The molecule has 0 aromatic carbocycles. The van der Waals surface area contributed by atoms with Crippen LogP contribution in [0.4, 0.5) is 0 Å². The first-order chi connectivity index (χ1) is 8.68. The van der Waals surface area contributed by atoms with Crippen molar-refractivity contribution >= 4 is 5.91 Å². The minimum atomic E-state index is -0.0404. The highest BCUT2D eigenvalue weighted by molar-refractivity contribution is 5.77. The Hall–Kier alpha value is -0.610. The third-order valence-electron chi connectivity index (χ3n) is 3.10. The van der Waals surface area contributed by atoms with E-state index < -0.39 is 0 Å². The zero-order valence-corrected chi connectivity index (χ0v) is 11.7. The third kappa shape index (κ3) is 7.67. The number of carbonyl (C=O) groups excluding carboxylic acids is 1. The fraction of sp³-hybridized carbons (Fsp3) is 0.929. The highest BCUT2D eigenvalue weighted by atomic mass is 16.5. The molecule has 106 valence electrons. The Balaban J connectivity index is 1.89. The summed E-state index contributed by atoms with van der Waals surface area (Å²) < 4.78 is 11.0. The minimum Gasteiger partial charge on any atom is -0.378 e. The molecule has 0 radical (unpaired) electrons. The van der Waals surface area contributed by atoms with Gasteiger partial charge in [0.15, 0.2) is 0 Å². The summed E-state index contributed by atoms with van der Waals surface area (Å²) in [4.78, 5) is 11.3. The van der Waals surface area contributed by atoms with Gasteiger partial charge >= 0.3 is 0 Å². The molecule has 0 aromatic heterocycles. The number of carbonyl (C=O) groups is 1. The van der Waals surface area contributed by atoms with Crippen molar-refractivity contribution in [3.63, 3.8) is 0 Å². The second kappa shape index (κ2) is 9.34. The number of amides is 1. The monoisotopic (exact) mass is 257 g/mol. The van der Waals surface area contributed by atoms with E-state index in [-0.39, 0.29) is 18.6 Å². The number of hydrogen-bond acceptors (Lipinski definition) is 3. The van der Waals surface area contributed by atoms with Crippen LogP contribution in [0.1, 0.15) is 52.4 Å². The van der Waals surface area contributed by atoms with Crippen LogP contribution in [0.2, 0.25) is 0 Å². The smallest absolute Gasteiger partial charge is 0.246 e. The summed E-state index contributed by atoms with van der Waals surface area (Å²) in [5.74, 6) is -0.0404. The van der Waals surface area contributed by atoms with Crippen LogP contribution in [0.25, 0.3) is 0 Å². The molecule has 4 heteroatoms. The van der Waals surface area contributed by atoms with E-state index in [9.17, 15) is 4.79 Å². The first-order valence-corrected chi connectivity index (χ1v) is 7.18. The molecule has 1 aliphatic rings. The molecule has 0 bridgehead atoms. The van der Waals surface area contributed by atoms with Crippen molar-refractivity contribution in [3.8, 4) is 0 Å². The number of rotatable bonds is 8. The highest BCUT2D eigenvalue weighted by Gasteiger charge is 2.13. The molecule has 0 saturated heterocycles. The summed E-state index contributed by atoms with van der Waals surface area (Å²) in [6.45, 7) is 5.42. The Bertz CT molecular complexity index is 225. The van der Waals surface area contributed by atoms with E-state index in [2.05, 4.69) is 5.32 Å². The number of hydrogen-bond donors (Lipinski definition) is 1. The van der Waals surface area contributed by atoms with Gasteiger partial charge in [0.1, 0.15) is 6.61 Å². The molecule has 0 aliphatic heterocycles. The van der Waals surface area contributed by atoms with Crippen LogP contribution in [0.5, 0.6) is 0 Å². The van der Waals surface area contributed by atoms with Gasteiger partial charge in [-0.2, -0.15) is 0 Å². The van der Waals surface area contributed by atoms with E-state index >= 15 is 0 Å². The van der Waals surface area contributed by atoms with E-state index in [4.69, 9.17) is 9.47 Å². The third-order valence-corrected chi connectivity index (χ3v) is 3.10. The number of nitrogens with one attached hydrogen (secondary N) is 1. The van der Waals surface area contributed by atoms with Gasteiger partial charge in [0.2, 0.25) is 5.91 Å². The Morgan fingerprint density at radius 2 is 2.00 bits per heavy atom. The molecular weight excluding hydrogens is 230 g/mol. The van der Waals surface area contributed by atoms with Gasteiger partial charge in [-0.15, -0.1) is 0 Å². The van der Waals surface area contributed by atoms with E-state index in [0.717, 1.165) is 13.0 Å². The molecule has 1 N–H and O–H groups in total. The lowest BCUT2D eigenvalue weighted by atomic mass is 9.98. The van der Waals surface area contributed by atoms with E-state index in [1.165, 1.54) is 32.1 Å². The average Bonchev–Trinajstić information content (AvgIpc) is 2.37. The molecule has 1 amide bonds. The fourth-order valence-electron chi connectivity index (χ4n) is 2.08. The zero-order valence-electron chi connectivity index (χ0n) is 11.7. The molecular formula is C14H27NO3. The van der Waals surface area contributed by atoms with E-state index in [0.29, 0.717) is 12.6 Å². The molecule has 1 aliphatic carbocycles. The predicted molar refractivity (Wildman–Crippen MR) is 71.5 cm³/mol. The van der Waals surface area contributed by atoms with Crippen molar-refractivity contribution < 1.29 is 14.3 Å². The summed E-state index contributed by atoms with van der Waals surface area (Å²) in [5, 5.41) is 2.83. The Labute approximate surface area is 110 Å². The molecule has 18 heavy (non-hydrogen) atoms. The normalized spacial score (nSPS) is 17.1. The van der Waals surface area contributed by atoms with Gasteiger partial charge in [-0.05, 0) is 33.1 Å². The first kappa shape index (κ1) is 15.4. The molecule has 0 atom stereocenters. The minimum absolute atomic E-state index is 0.0404. The van der Waals surface area contributed by atoms with Gasteiger partial charge in [-0.1, -0.05) is 19.3 Å². The number of ether oxygens (including phenoxy) is 2. The second-order valence-corrected chi connectivity index (χ2v) is 5.19. The largest absolute Gasteiger partial charge is 0.378 e. The molecule has 4 nitrogen and oxygen atoms in total. The Morgan fingerprint density at radius 1 is 1.28 bits per heavy atom. The zero-order chi connectivity index (χ0) is 13.2. The Kier molecular flexibility index (Phi) is 8.01. The van der Waals surface area contributed by atoms with Crippen LogP contribution < -0.4 is 5.32 Å². The summed E-state index contributed by atoms with van der Waals surface area (Å²) in [6, 6.07) is 0. The maximum absolute atomic E-state index is 11.3. The van der Waals surface area contributed by atoms with Gasteiger partial charge < -0.3 is 14.8 Å². The fourth-order valence-corrected chi connectivity index (χ4v) is 2.08. The van der Waals surface area contributed by atoms with Gasteiger partial charge in [0.25, 0.3) is 0 Å². The van der Waals surface area contributed by atoms with Gasteiger partial charge in [0.05, 0.1) is 12.2 Å². The summed E-state index contributed by atoms with van der Waals surface area (Å²) >= 11 is 0. The Morgan fingerprint density at radius 3 is 2.67 bits per heavy atom. The van der Waals surface area contributed by atoms with Crippen molar-refractivity contribution in [3.05, 3.63) is 0 Å². The molecule has 0 unspecified atom stereocenters. The van der Waals surface area contributed by atoms with Crippen LogP contribution in [-0.2, 0) is 14.3 Å². The maximum Gasteiger partial charge on any atom is 0.246 e. The van der Waals surface area contributed by atoms with Crippen molar-refractivity contribution in [2.24, 2.45) is 0 Å². The van der Waals surface area contributed by atoms with Crippen LogP contribution >= 0.6 is 0 Å². The molecule has 0 spiro atoms. The van der Waals surface area contributed by atoms with Crippen LogP contribution in [-0.4, -0.2) is 37.9 Å². The van der Waals surface area contributed by atoms with Crippen LogP contribution in [0, 0.1) is 0 Å². The summed E-state index contributed by atoms with van der Waals surface area (Å²) in [5.41, 5.74) is 0. The lowest BCUT2D eigenvalue weighted by Gasteiger charge is -2.21. The van der Waals surface area contributed by atoms with Gasteiger partial charge in [-0.25, -0.2) is 0 Å². The predicted octanol–water partition coefficient (Wildman–Crippen LogP) is 2.27. The standard InChI is InChI=1S/C14H27NO3/c1-12(2)18-11-14(16)15-9-6-10-17-13-7-4-3-5-8-13/h12-13H,3-11H2,1-2H3,(H,15,16). The summed E-state index contributed by atoms with van der Waals surface area (Å²) in [7, 11) is 0. The highest BCUT2D eigenvalue weighted by Crippen LogP contribution is 2.20. The van der Waals surface area contributed by atoms with E-state index in [1.807, 2.05) is 13.8 Å². The second-order valence-electron chi connectivity index (χ2n) is 5.19. The topological polar surface area (TPSA) is 47.6 Å². The molecule has 1 rings (SSSR count). The lowest BCUT2D eigenvalue weighted by Crippen LogP contribution is -2.30.